The molecule has 0 amide bonds. The van der Waals surface area contributed by atoms with Crippen molar-refractivity contribution >= 4 is 10.0 Å². The second kappa shape index (κ2) is 8.67. The first-order chi connectivity index (χ1) is 14.5. The normalized spacial score (nSPS) is 17.5. The van der Waals surface area contributed by atoms with Crippen molar-refractivity contribution in [3.05, 3.63) is 54.1 Å². The molecule has 8 heteroatoms. The first kappa shape index (κ1) is 20.7. The predicted molar refractivity (Wildman–Crippen MR) is 115 cm³/mol. The topological polar surface area (TPSA) is 88.3 Å². The van der Waals surface area contributed by atoms with E-state index >= 15 is 0 Å². The number of rotatable bonds is 7. The summed E-state index contributed by atoms with van der Waals surface area (Å²) in [4.78, 5) is 6.89. The minimum atomic E-state index is -3.72. The van der Waals surface area contributed by atoms with Crippen LogP contribution in [0.3, 0.4) is 0 Å². The van der Waals surface area contributed by atoms with Crippen LogP contribution in [0, 0.1) is 6.92 Å². The summed E-state index contributed by atoms with van der Waals surface area (Å²) in [7, 11) is -3.72. The van der Waals surface area contributed by atoms with Gasteiger partial charge in [-0.1, -0.05) is 54.0 Å². The maximum atomic E-state index is 13.1. The quantitative estimate of drug-likeness (QED) is 0.622. The van der Waals surface area contributed by atoms with Gasteiger partial charge < -0.3 is 4.52 Å². The van der Waals surface area contributed by atoms with Gasteiger partial charge in [0.15, 0.2) is 0 Å². The second-order valence-corrected chi connectivity index (χ2v) is 9.30. The van der Waals surface area contributed by atoms with E-state index in [2.05, 4.69) is 26.7 Å². The zero-order valence-electron chi connectivity index (χ0n) is 17.2. The first-order valence-electron chi connectivity index (χ1n) is 10.2. The number of benzene rings is 2. The standard InChI is InChI=1S/C22H26N4O3S/c1-3-26-14-6-7-18(26)15-23-30(27,28)20-9-5-4-8-19(20)22-24-21(25-29-22)17-12-10-16(2)11-13-17/h4-5,8-13,18,23H,3,6-7,14-15H2,1-2H3/t18-/m1/s1. The maximum Gasteiger partial charge on any atom is 0.259 e. The van der Waals surface area contributed by atoms with Gasteiger partial charge in [0.25, 0.3) is 5.89 Å². The van der Waals surface area contributed by atoms with Crippen LogP contribution in [0.5, 0.6) is 0 Å². The molecule has 1 aromatic heterocycles. The molecule has 0 saturated carbocycles. The highest BCUT2D eigenvalue weighted by molar-refractivity contribution is 7.89. The maximum absolute atomic E-state index is 13.1. The molecule has 4 rings (SSSR count). The Labute approximate surface area is 177 Å². The molecule has 1 atom stereocenters. The molecule has 1 aliphatic heterocycles. The van der Waals surface area contributed by atoms with Gasteiger partial charge in [0.05, 0.1) is 10.5 Å². The van der Waals surface area contributed by atoms with Gasteiger partial charge in [-0.3, -0.25) is 4.90 Å². The number of aromatic nitrogens is 2. The summed E-state index contributed by atoms with van der Waals surface area (Å²) in [6.45, 7) is 6.44. The fourth-order valence-corrected chi connectivity index (χ4v) is 5.13. The Morgan fingerprint density at radius 1 is 1.17 bits per heavy atom. The van der Waals surface area contributed by atoms with Crippen LogP contribution in [0.1, 0.15) is 25.3 Å². The summed E-state index contributed by atoms with van der Waals surface area (Å²) in [6.07, 6.45) is 2.10. The van der Waals surface area contributed by atoms with Crippen LogP contribution in [-0.2, 0) is 10.0 Å². The van der Waals surface area contributed by atoms with E-state index in [1.54, 1.807) is 24.3 Å². The molecule has 0 radical (unpaired) electrons. The van der Waals surface area contributed by atoms with Crippen molar-refractivity contribution in [2.24, 2.45) is 0 Å². The minimum absolute atomic E-state index is 0.144. The predicted octanol–water partition coefficient (Wildman–Crippen LogP) is 3.47. The number of likely N-dealkylation sites (tertiary alicyclic amines) is 1. The Balaban J connectivity index is 1.59. The van der Waals surface area contributed by atoms with Crippen molar-refractivity contribution in [1.82, 2.24) is 19.8 Å². The molecule has 2 heterocycles. The lowest BCUT2D eigenvalue weighted by molar-refractivity contribution is 0.268. The molecule has 0 aliphatic carbocycles. The number of hydrogen-bond acceptors (Lipinski definition) is 6. The average molecular weight is 427 g/mol. The highest BCUT2D eigenvalue weighted by Crippen LogP contribution is 2.28. The Morgan fingerprint density at radius 3 is 2.70 bits per heavy atom. The Hall–Kier alpha value is -2.55. The lowest BCUT2D eigenvalue weighted by Crippen LogP contribution is -2.40. The molecule has 3 aromatic rings. The molecule has 1 aliphatic rings. The summed E-state index contributed by atoms with van der Waals surface area (Å²) < 4.78 is 34.3. The minimum Gasteiger partial charge on any atom is -0.334 e. The number of aryl methyl sites for hydroxylation is 1. The van der Waals surface area contributed by atoms with Gasteiger partial charge in [0.1, 0.15) is 0 Å². The summed E-state index contributed by atoms with van der Waals surface area (Å²) in [6, 6.07) is 14.7. The van der Waals surface area contributed by atoms with E-state index in [1.165, 1.54) is 0 Å². The zero-order valence-corrected chi connectivity index (χ0v) is 18.0. The van der Waals surface area contributed by atoms with Crippen LogP contribution in [0.4, 0.5) is 0 Å². The lowest BCUT2D eigenvalue weighted by atomic mass is 10.1. The third kappa shape index (κ3) is 4.30. The molecule has 0 spiro atoms. The van der Waals surface area contributed by atoms with Crippen molar-refractivity contribution in [3.63, 3.8) is 0 Å². The van der Waals surface area contributed by atoms with Crippen molar-refractivity contribution in [1.29, 1.82) is 0 Å². The molecule has 30 heavy (non-hydrogen) atoms. The monoisotopic (exact) mass is 426 g/mol. The third-order valence-corrected chi connectivity index (χ3v) is 7.04. The third-order valence-electron chi connectivity index (χ3n) is 5.56. The molecule has 1 N–H and O–H groups in total. The van der Waals surface area contributed by atoms with Crippen molar-refractivity contribution in [3.8, 4) is 22.8 Å². The molecule has 7 nitrogen and oxygen atoms in total. The van der Waals surface area contributed by atoms with Crippen LogP contribution < -0.4 is 4.72 Å². The van der Waals surface area contributed by atoms with E-state index in [9.17, 15) is 8.42 Å². The lowest BCUT2D eigenvalue weighted by Gasteiger charge is -2.23. The van der Waals surface area contributed by atoms with Crippen LogP contribution in [-0.4, -0.2) is 49.1 Å². The highest BCUT2D eigenvalue weighted by Gasteiger charge is 2.27. The fourth-order valence-electron chi connectivity index (χ4n) is 3.86. The number of hydrogen-bond donors (Lipinski definition) is 1. The molecule has 1 saturated heterocycles. The Bertz CT molecular complexity index is 1110. The van der Waals surface area contributed by atoms with Crippen molar-refractivity contribution in [2.75, 3.05) is 19.6 Å². The average Bonchev–Trinajstić information content (AvgIpc) is 3.42. The van der Waals surface area contributed by atoms with E-state index in [0.29, 0.717) is 17.9 Å². The van der Waals surface area contributed by atoms with Crippen LogP contribution >= 0.6 is 0 Å². The number of nitrogens with zero attached hydrogens (tertiary/aromatic N) is 3. The molecule has 0 bridgehead atoms. The van der Waals surface area contributed by atoms with Gasteiger partial charge in [0, 0.05) is 18.2 Å². The molecular weight excluding hydrogens is 400 g/mol. The van der Waals surface area contributed by atoms with E-state index in [-0.39, 0.29) is 16.8 Å². The van der Waals surface area contributed by atoms with E-state index < -0.39 is 10.0 Å². The summed E-state index contributed by atoms with van der Waals surface area (Å²) in [5.74, 6) is 0.609. The van der Waals surface area contributed by atoms with Crippen molar-refractivity contribution in [2.45, 2.75) is 37.6 Å². The van der Waals surface area contributed by atoms with Crippen LogP contribution in [0.2, 0.25) is 0 Å². The number of sulfonamides is 1. The first-order valence-corrected chi connectivity index (χ1v) is 11.7. The van der Waals surface area contributed by atoms with Gasteiger partial charge in [-0.05, 0) is 45.0 Å². The van der Waals surface area contributed by atoms with Gasteiger partial charge >= 0.3 is 0 Å². The molecule has 158 valence electrons. The Kier molecular flexibility index (Phi) is 5.99. The van der Waals surface area contributed by atoms with Gasteiger partial charge in [-0.25, -0.2) is 13.1 Å². The molecule has 2 aromatic carbocycles. The molecular formula is C22H26N4O3S. The van der Waals surface area contributed by atoms with Crippen molar-refractivity contribution < 1.29 is 12.9 Å². The number of likely N-dealkylation sites (N-methyl/N-ethyl adjacent to an activating group) is 1. The largest absolute Gasteiger partial charge is 0.334 e. The van der Waals surface area contributed by atoms with E-state index in [4.69, 9.17) is 4.52 Å². The summed E-state index contributed by atoms with van der Waals surface area (Å²) >= 11 is 0. The molecule has 0 unspecified atom stereocenters. The fraction of sp³-hybridized carbons (Fsp3) is 0.364. The van der Waals surface area contributed by atoms with Gasteiger partial charge in [0.2, 0.25) is 15.8 Å². The highest BCUT2D eigenvalue weighted by atomic mass is 32.2. The van der Waals surface area contributed by atoms with Crippen LogP contribution in [0.15, 0.2) is 57.9 Å². The number of nitrogens with one attached hydrogen (secondary N) is 1. The SMILES string of the molecule is CCN1CCC[C@@H]1CNS(=O)(=O)c1ccccc1-c1nc(-c2ccc(C)cc2)no1. The van der Waals surface area contributed by atoms with E-state index in [1.807, 2.05) is 31.2 Å². The zero-order chi connectivity index (χ0) is 21.1. The van der Waals surface area contributed by atoms with E-state index in [0.717, 1.165) is 37.1 Å². The smallest absolute Gasteiger partial charge is 0.259 e. The van der Waals surface area contributed by atoms with Gasteiger partial charge in [-0.15, -0.1) is 0 Å². The Morgan fingerprint density at radius 2 is 1.93 bits per heavy atom. The summed E-state index contributed by atoms with van der Waals surface area (Å²) in [5.41, 5.74) is 2.35. The second-order valence-electron chi connectivity index (χ2n) is 7.56. The molecule has 1 fully saturated rings. The van der Waals surface area contributed by atoms with Gasteiger partial charge in [-0.2, -0.15) is 4.98 Å². The van der Waals surface area contributed by atoms with Crippen LogP contribution in [0.25, 0.3) is 22.8 Å². The summed E-state index contributed by atoms with van der Waals surface area (Å²) in [5, 5.41) is 4.04.